The average molecular weight is 257 g/mol. The van der Waals surface area contributed by atoms with Crippen molar-refractivity contribution in [1.29, 1.82) is 0 Å². The molecule has 3 nitrogen and oxygen atoms in total. The Kier molecular flexibility index (Phi) is 5.45. The molecule has 0 amide bonds. The Bertz CT molecular complexity index is 347. The SMILES string of the molecule is Cl.O=C(OC1CCCC1)C(O)c1ccccc1. The molecule has 1 unspecified atom stereocenters. The van der Waals surface area contributed by atoms with E-state index in [1.165, 1.54) is 0 Å². The summed E-state index contributed by atoms with van der Waals surface area (Å²) in [6.07, 6.45) is 2.92. The van der Waals surface area contributed by atoms with Gasteiger partial charge in [-0.15, -0.1) is 12.4 Å². The number of aliphatic hydroxyl groups is 1. The first-order valence-electron chi connectivity index (χ1n) is 5.71. The topological polar surface area (TPSA) is 46.5 Å². The van der Waals surface area contributed by atoms with Gasteiger partial charge in [-0.1, -0.05) is 30.3 Å². The summed E-state index contributed by atoms with van der Waals surface area (Å²) in [4.78, 5) is 11.6. The molecule has 0 aromatic heterocycles. The zero-order valence-corrected chi connectivity index (χ0v) is 10.4. The Hall–Kier alpha value is -1.06. The van der Waals surface area contributed by atoms with Crippen molar-refractivity contribution in [2.45, 2.75) is 37.9 Å². The molecule has 1 N–H and O–H groups in total. The monoisotopic (exact) mass is 256 g/mol. The van der Waals surface area contributed by atoms with Crippen molar-refractivity contribution in [2.24, 2.45) is 0 Å². The fourth-order valence-corrected chi connectivity index (χ4v) is 2.01. The van der Waals surface area contributed by atoms with E-state index in [9.17, 15) is 9.90 Å². The normalized spacial score (nSPS) is 17.2. The van der Waals surface area contributed by atoms with Gasteiger partial charge in [0.2, 0.25) is 0 Å². The number of ether oxygens (including phenoxy) is 1. The number of hydrogen-bond acceptors (Lipinski definition) is 3. The summed E-state index contributed by atoms with van der Waals surface area (Å²) < 4.78 is 5.24. The Morgan fingerprint density at radius 1 is 1.24 bits per heavy atom. The summed E-state index contributed by atoms with van der Waals surface area (Å²) >= 11 is 0. The first-order chi connectivity index (χ1) is 7.77. The third kappa shape index (κ3) is 3.72. The van der Waals surface area contributed by atoms with Gasteiger partial charge in [-0.2, -0.15) is 0 Å². The standard InChI is InChI=1S/C13H16O3.ClH/c14-12(10-6-2-1-3-7-10)13(15)16-11-8-4-5-9-11;/h1-3,6-7,11-12,14H,4-5,8-9H2;1H. The Morgan fingerprint density at radius 3 is 2.41 bits per heavy atom. The maximum atomic E-state index is 11.6. The second-order valence-electron chi connectivity index (χ2n) is 4.16. The second-order valence-corrected chi connectivity index (χ2v) is 4.16. The lowest BCUT2D eigenvalue weighted by Crippen LogP contribution is -2.21. The molecule has 1 fully saturated rings. The van der Waals surface area contributed by atoms with Crippen molar-refractivity contribution < 1.29 is 14.6 Å². The van der Waals surface area contributed by atoms with Crippen LogP contribution in [0.2, 0.25) is 0 Å². The highest BCUT2D eigenvalue weighted by atomic mass is 35.5. The van der Waals surface area contributed by atoms with Crippen molar-refractivity contribution >= 4 is 18.4 Å². The van der Waals surface area contributed by atoms with Gasteiger partial charge >= 0.3 is 5.97 Å². The minimum absolute atomic E-state index is 0. The van der Waals surface area contributed by atoms with E-state index in [-0.39, 0.29) is 18.5 Å². The highest BCUT2D eigenvalue weighted by Crippen LogP contribution is 2.23. The third-order valence-electron chi connectivity index (χ3n) is 2.92. The molecule has 1 aliphatic carbocycles. The smallest absolute Gasteiger partial charge is 0.339 e. The molecule has 1 aliphatic rings. The van der Waals surface area contributed by atoms with Crippen LogP contribution < -0.4 is 0 Å². The maximum Gasteiger partial charge on any atom is 0.339 e. The van der Waals surface area contributed by atoms with Gasteiger partial charge in [0.1, 0.15) is 6.10 Å². The van der Waals surface area contributed by atoms with Crippen molar-refractivity contribution in [3.05, 3.63) is 35.9 Å². The molecule has 0 radical (unpaired) electrons. The van der Waals surface area contributed by atoms with Crippen LogP contribution in [0.15, 0.2) is 30.3 Å². The first kappa shape index (κ1) is 14.0. The Morgan fingerprint density at radius 2 is 1.82 bits per heavy atom. The van der Waals surface area contributed by atoms with Gasteiger partial charge in [-0.3, -0.25) is 0 Å². The highest BCUT2D eigenvalue weighted by molar-refractivity contribution is 5.85. The first-order valence-corrected chi connectivity index (χ1v) is 5.71. The molecule has 0 heterocycles. The van der Waals surface area contributed by atoms with Crippen LogP contribution in [-0.2, 0) is 9.53 Å². The van der Waals surface area contributed by atoms with Crippen LogP contribution in [0.5, 0.6) is 0 Å². The largest absolute Gasteiger partial charge is 0.460 e. The average Bonchev–Trinajstić information content (AvgIpc) is 2.82. The maximum absolute atomic E-state index is 11.6. The summed E-state index contributed by atoms with van der Waals surface area (Å²) in [6, 6.07) is 8.88. The number of rotatable bonds is 3. The van der Waals surface area contributed by atoms with Crippen LogP contribution in [-0.4, -0.2) is 17.2 Å². The molecule has 1 aromatic carbocycles. The fourth-order valence-electron chi connectivity index (χ4n) is 2.01. The molecular weight excluding hydrogens is 240 g/mol. The van der Waals surface area contributed by atoms with Gasteiger partial charge in [0.25, 0.3) is 0 Å². The molecule has 1 aromatic rings. The number of carbonyl (C=O) groups is 1. The van der Waals surface area contributed by atoms with E-state index in [2.05, 4.69) is 0 Å². The molecule has 0 aliphatic heterocycles. The van der Waals surface area contributed by atoms with Gasteiger partial charge in [-0.25, -0.2) is 4.79 Å². The van der Waals surface area contributed by atoms with Crippen molar-refractivity contribution in [2.75, 3.05) is 0 Å². The molecule has 0 spiro atoms. The third-order valence-corrected chi connectivity index (χ3v) is 2.92. The molecule has 4 heteroatoms. The molecular formula is C13H17ClO3. The molecule has 0 bridgehead atoms. The van der Waals surface area contributed by atoms with Crippen LogP contribution in [0.3, 0.4) is 0 Å². The van der Waals surface area contributed by atoms with E-state index in [1.54, 1.807) is 24.3 Å². The summed E-state index contributed by atoms with van der Waals surface area (Å²) in [5.41, 5.74) is 0.588. The van der Waals surface area contributed by atoms with Crippen molar-refractivity contribution in [1.82, 2.24) is 0 Å². The van der Waals surface area contributed by atoms with E-state index >= 15 is 0 Å². The zero-order chi connectivity index (χ0) is 11.4. The molecule has 94 valence electrons. The van der Waals surface area contributed by atoms with Gasteiger partial charge < -0.3 is 9.84 Å². The number of benzene rings is 1. The minimum Gasteiger partial charge on any atom is -0.460 e. The predicted molar refractivity (Wildman–Crippen MR) is 67.0 cm³/mol. The van der Waals surface area contributed by atoms with Gasteiger partial charge in [0.15, 0.2) is 6.10 Å². The number of esters is 1. The van der Waals surface area contributed by atoms with Crippen LogP contribution >= 0.6 is 12.4 Å². The van der Waals surface area contributed by atoms with E-state index < -0.39 is 12.1 Å². The van der Waals surface area contributed by atoms with Crippen LogP contribution in [0.25, 0.3) is 0 Å². The second kappa shape index (κ2) is 6.62. The zero-order valence-electron chi connectivity index (χ0n) is 9.54. The summed E-state index contributed by atoms with van der Waals surface area (Å²) in [7, 11) is 0. The van der Waals surface area contributed by atoms with E-state index in [0.29, 0.717) is 5.56 Å². The number of carbonyl (C=O) groups excluding carboxylic acids is 1. The molecule has 0 saturated heterocycles. The predicted octanol–water partition coefficient (Wildman–Crippen LogP) is 2.63. The fraction of sp³-hybridized carbons (Fsp3) is 0.462. The van der Waals surface area contributed by atoms with E-state index in [1.807, 2.05) is 6.07 Å². The Labute approximate surface area is 107 Å². The van der Waals surface area contributed by atoms with E-state index in [4.69, 9.17) is 4.74 Å². The lowest BCUT2D eigenvalue weighted by Gasteiger charge is -2.15. The Balaban J connectivity index is 0.00000144. The summed E-state index contributed by atoms with van der Waals surface area (Å²) in [5.74, 6) is -0.530. The van der Waals surface area contributed by atoms with E-state index in [0.717, 1.165) is 25.7 Å². The summed E-state index contributed by atoms with van der Waals surface area (Å²) in [5, 5.41) is 9.77. The highest BCUT2D eigenvalue weighted by Gasteiger charge is 2.24. The number of aliphatic hydroxyl groups excluding tert-OH is 1. The van der Waals surface area contributed by atoms with Crippen LogP contribution in [0, 0.1) is 0 Å². The lowest BCUT2D eigenvalue weighted by molar-refractivity contribution is -0.159. The summed E-state index contributed by atoms with van der Waals surface area (Å²) in [6.45, 7) is 0. The number of hydrogen-bond donors (Lipinski definition) is 1. The van der Waals surface area contributed by atoms with Crippen LogP contribution in [0.1, 0.15) is 37.4 Å². The quantitative estimate of drug-likeness (QED) is 0.846. The number of halogens is 1. The molecule has 2 rings (SSSR count). The van der Waals surface area contributed by atoms with Gasteiger partial charge in [-0.05, 0) is 31.2 Å². The minimum atomic E-state index is -1.15. The van der Waals surface area contributed by atoms with Gasteiger partial charge in [0, 0.05) is 0 Å². The van der Waals surface area contributed by atoms with Crippen molar-refractivity contribution in [3.63, 3.8) is 0 Å². The molecule has 1 atom stereocenters. The molecule has 1 saturated carbocycles. The van der Waals surface area contributed by atoms with Crippen molar-refractivity contribution in [3.8, 4) is 0 Å². The van der Waals surface area contributed by atoms with Gasteiger partial charge in [0.05, 0.1) is 0 Å². The lowest BCUT2D eigenvalue weighted by atomic mass is 10.1. The molecule has 17 heavy (non-hydrogen) atoms. The van der Waals surface area contributed by atoms with Crippen LogP contribution in [0.4, 0.5) is 0 Å².